The lowest BCUT2D eigenvalue weighted by Gasteiger charge is -2.10. The first-order valence-corrected chi connectivity index (χ1v) is 9.25. The molecule has 1 atom stereocenters. The zero-order chi connectivity index (χ0) is 15.9. The lowest BCUT2D eigenvalue weighted by atomic mass is 10.1. The Bertz CT molecular complexity index is 560. The van der Waals surface area contributed by atoms with Crippen LogP contribution in [-0.2, 0) is 21.2 Å². The molecule has 1 rings (SSSR count). The van der Waals surface area contributed by atoms with Gasteiger partial charge < -0.3 is 10.8 Å². The summed E-state index contributed by atoms with van der Waals surface area (Å²) >= 11 is 3.25. The highest BCUT2D eigenvalue weighted by molar-refractivity contribution is 9.09. The second-order valence-electron chi connectivity index (χ2n) is 4.66. The average molecular weight is 379 g/mol. The van der Waals surface area contributed by atoms with Crippen molar-refractivity contribution in [2.45, 2.75) is 25.3 Å². The van der Waals surface area contributed by atoms with Crippen molar-refractivity contribution in [3.05, 3.63) is 29.8 Å². The summed E-state index contributed by atoms with van der Waals surface area (Å²) in [6.45, 7) is 0. The van der Waals surface area contributed by atoms with Crippen molar-refractivity contribution >= 4 is 37.6 Å². The smallest absolute Gasteiger partial charge is 0.320 e. The van der Waals surface area contributed by atoms with Gasteiger partial charge in [-0.3, -0.25) is 9.52 Å². The molecule has 0 fully saturated rings. The Kier molecular flexibility index (Phi) is 7.13. The minimum Gasteiger partial charge on any atom is -0.480 e. The summed E-state index contributed by atoms with van der Waals surface area (Å²) in [5, 5.41) is 9.51. The summed E-state index contributed by atoms with van der Waals surface area (Å²) in [6.07, 6.45) is 1.59. The molecule has 1 aromatic carbocycles. The number of carboxylic acids is 1. The van der Waals surface area contributed by atoms with E-state index in [1.807, 2.05) is 0 Å². The molecule has 0 heterocycles. The van der Waals surface area contributed by atoms with Gasteiger partial charge in [-0.05, 0) is 37.0 Å². The van der Waals surface area contributed by atoms with Crippen LogP contribution in [0.1, 0.15) is 18.4 Å². The summed E-state index contributed by atoms with van der Waals surface area (Å²) in [5.41, 5.74) is 6.64. The summed E-state index contributed by atoms with van der Waals surface area (Å²) in [5.74, 6) is -0.990. The van der Waals surface area contributed by atoms with Crippen LogP contribution in [0.2, 0.25) is 0 Å². The topological polar surface area (TPSA) is 109 Å². The predicted molar refractivity (Wildman–Crippen MR) is 86.2 cm³/mol. The third kappa shape index (κ3) is 6.92. The second kappa shape index (κ2) is 8.35. The van der Waals surface area contributed by atoms with E-state index < -0.39 is 22.0 Å². The molecule has 0 bridgehead atoms. The van der Waals surface area contributed by atoms with Gasteiger partial charge in [-0.2, -0.15) is 0 Å². The Morgan fingerprint density at radius 1 is 1.29 bits per heavy atom. The molecule has 0 aliphatic heterocycles. The van der Waals surface area contributed by atoms with Crippen molar-refractivity contribution in [1.82, 2.24) is 0 Å². The Labute approximate surface area is 132 Å². The molecule has 118 valence electrons. The van der Waals surface area contributed by atoms with Crippen molar-refractivity contribution in [3.8, 4) is 0 Å². The number of benzene rings is 1. The highest BCUT2D eigenvalue weighted by Crippen LogP contribution is 2.13. The van der Waals surface area contributed by atoms with E-state index in [0.717, 1.165) is 17.3 Å². The van der Waals surface area contributed by atoms with E-state index in [4.69, 9.17) is 10.8 Å². The normalized spacial score (nSPS) is 12.9. The fourth-order valence-electron chi connectivity index (χ4n) is 1.67. The van der Waals surface area contributed by atoms with Crippen LogP contribution < -0.4 is 10.5 Å². The highest BCUT2D eigenvalue weighted by atomic mass is 79.9. The number of alkyl halides is 1. The van der Waals surface area contributed by atoms with E-state index in [1.165, 1.54) is 0 Å². The fraction of sp³-hybridized carbons (Fsp3) is 0.462. The van der Waals surface area contributed by atoms with Gasteiger partial charge >= 0.3 is 5.97 Å². The first-order valence-electron chi connectivity index (χ1n) is 6.48. The fourth-order valence-corrected chi connectivity index (χ4v) is 3.25. The van der Waals surface area contributed by atoms with Crippen molar-refractivity contribution in [3.63, 3.8) is 0 Å². The number of hydrogen-bond acceptors (Lipinski definition) is 4. The molecule has 0 aliphatic carbocycles. The molecule has 0 saturated heterocycles. The predicted octanol–water partition coefficient (Wildman–Crippen LogP) is 1.56. The first kappa shape index (κ1) is 17.9. The van der Waals surface area contributed by atoms with Crippen molar-refractivity contribution in [1.29, 1.82) is 0 Å². The molecule has 0 amide bonds. The van der Waals surface area contributed by atoms with Gasteiger partial charge in [-0.1, -0.05) is 28.1 Å². The number of anilines is 1. The van der Waals surface area contributed by atoms with Gasteiger partial charge in [-0.25, -0.2) is 8.42 Å². The molecule has 21 heavy (non-hydrogen) atoms. The average Bonchev–Trinajstić information content (AvgIpc) is 2.40. The maximum atomic E-state index is 11.8. The van der Waals surface area contributed by atoms with Crippen LogP contribution in [0, 0.1) is 0 Å². The van der Waals surface area contributed by atoms with E-state index in [1.54, 1.807) is 24.3 Å². The van der Waals surface area contributed by atoms with E-state index >= 15 is 0 Å². The van der Waals surface area contributed by atoms with E-state index in [9.17, 15) is 13.2 Å². The van der Waals surface area contributed by atoms with Crippen LogP contribution in [0.25, 0.3) is 0 Å². The number of nitrogens with two attached hydrogens (primary N) is 1. The quantitative estimate of drug-likeness (QED) is 0.446. The molecule has 0 aliphatic rings. The summed E-state index contributed by atoms with van der Waals surface area (Å²) in [6, 6.07) is 5.58. The molecule has 8 heteroatoms. The van der Waals surface area contributed by atoms with E-state index in [2.05, 4.69) is 20.7 Å². The molecule has 0 radical (unpaired) electrons. The summed E-state index contributed by atoms with van der Waals surface area (Å²) in [4.78, 5) is 10.7. The maximum Gasteiger partial charge on any atom is 0.320 e. The van der Waals surface area contributed by atoms with Crippen LogP contribution in [0.5, 0.6) is 0 Å². The van der Waals surface area contributed by atoms with E-state index in [-0.39, 0.29) is 12.2 Å². The first-order chi connectivity index (χ1) is 9.84. The lowest BCUT2D eigenvalue weighted by molar-refractivity contribution is -0.138. The summed E-state index contributed by atoms with van der Waals surface area (Å²) in [7, 11) is -3.35. The van der Waals surface area contributed by atoms with Gasteiger partial charge in [0.1, 0.15) is 6.04 Å². The van der Waals surface area contributed by atoms with Crippen LogP contribution in [-0.4, -0.2) is 36.6 Å². The number of nitrogens with one attached hydrogen (secondary N) is 1. The number of rotatable bonds is 9. The Morgan fingerprint density at radius 3 is 2.43 bits per heavy atom. The molecule has 4 N–H and O–H groups in total. The molecule has 0 aromatic heterocycles. The number of carboxylic acid groups (broad SMARTS) is 1. The standard InChI is InChI=1S/C13H19BrN2O4S/c14-7-1-2-8-21(19,20)16-11-5-3-10(4-6-11)9-12(15)13(17)18/h3-6,12,16H,1-2,7-9,15H2,(H,17,18)/t12-/m0/s1. The minimum absolute atomic E-state index is 0.0737. The molecular formula is C13H19BrN2O4S. The number of hydrogen-bond donors (Lipinski definition) is 3. The van der Waals surface area contributed by atoms with Gasteiger partial charge in [0.25, 0.3) is 0 Å². The third-order valence-electron chi connectivity index (χ3n) is 2.80. The van der Waals surface area contributed by atoms with Crippen molar-refractivity contribution in [2.75, 3.05) is 15.8 Å². The number of aliphatic carboxylic acids is 1. The van der Waals surface area contributed by atoms with Crippen LogP contribution in [0.3, 0.4) is 0 Å². The van der Waals surface area contributed by atoms with Gasteiger partial charge in [0.15, 0.2) is 0 Å². The number of carbonyl (C=O) groups is 1. The van der Waals surface area contributed by atoms with E-state index in [0.29, 0.717) is 12.1 Å². The van der Waals surface area contributed by atoms with Crippen molar-refractivity contribution < 1.29 is 18.3 Å². The van der Waals surface area contributed by atoms with Crippen LogP contribution in [0.15, 0.2) is 24.3 Å². The van der Waals surface area contributed by atoms with Gasteiger partial charge in [-0.15, -0.1) is 0 Å². The maximum absolute atomic E-state index is 11.8. The monoisotopic (exact) mass is 378 g/mol. The minimum atomic E-state index is -3.35. The number of halogens is 1. The molecule has 6 nitrogen and oxygen atoms in total. The number of unbranched alkanes of at least 4 members (excludes halogenated alkanes) is 1. The van der Waals surface area contributed by atoms with Gasteiger partial charge in [0.05, 0.1) is 5.75 Å². The molecule has 0 unspecified atom stereocenters. The van der Waals surface area contributed by atoms with Crippen LogP contribution >= 0.6 is 15.9 Å². The largest absolute Gasteiger partial charge is 0.480 e. The molecular weight excluding hydrogens is 360 g/mol. The SMILES string of the molecule is N[C@@H](Cc1ccc(NS(=O)(=O)CCCCBr)cc1)C(=O)O. The van der Waals surface area contributed by atoms with Crippen LogP contribution in [0.4, 0.5) is 5.69 Å². The van der Waals surface area contributed by atoms with Crippen molar-refractivity contribution in [2.24, 2.45) is 5.73 Å². The Balaban J connectivity index is 2.60. The molecule has 0 saturated carbocycles. The molecule has 1 aromatic rings. The lowest BCUT2D eigenvalue weighted by Crippen LogP contribution is -2.32. The summed E-state index contributed by atoms with van der Waals surface area (Å²) < 4.78 is 26.1. The zero-order valence-electron chi connectivity index (χ0n) is 11.5. The zero-order valence-corrected chi connectivity index (χ0v) is 13.9. The highest BCUT2D eigenvalue weighted by Gasteiger charge is 2.13. The Morgan fingerprint density at radius 2 is 1.90 bits per heavy atom. The second-order valence-corrected chi connectivity index (χ2v) is 7.30. The van der Waals surface area contributed by atoms with Gasteiger partial charge in [0.2, 0.25) is 10.0 Å². The third-order valence-corrected chi connectivity index (χ3v) is 4.73. The number of sulfonamides is 1. The Hall–Kier alpha value is -1.12. The van der Waals surface area contributed by atoms with Gasteiger partial charge in [0, 0.05) is 11.0 Å². The molecule has 0 spiro atoms.